The highest BCUT2D eigenvalue weighted by Crippen LogP contribution is 2.28. The van der Waals surface area contributed by atoms with Gasteiger partial charge in [0.25, 0.3) is 11.8 Å². The molecule has 2 amide bonds. The molecule has 6 nitrogen and oxygen atoms in total. The number of fused-ring (bicyclic) bond motifs is 1. The molecule has 30 heavy (non-hydrogen) atoms. The number of anilines is 1. The van der Waals surface area contributed by atoms with Crippen molar-refractivity contribution in [3.63, 3.8) is 0 Å². The van der Waals surface area contributed by atoms with Gasteiger partial charge in [-0.15, -0.1) is 11.3 Å². The summed E-state index contributed by atoms with van der Waals surface area (Å²) in [5, 5.41) is 4.11. The van der Waals surface area contributed by atoms with Crippen molar-refractivity contribution in [1.82, 2.24) is 9.88 Å². The highest BCUT2D eigenvalue weighted by Gasteiger charge is 2.31. The Balaban J connectivity index is 1.42. The molecule has 4 rings (SSSR count). The van der Waals surface area contributed by atoms with E-state index in [1.165, 1.54) is 20.9 Å². The molecule has 2 heterocycles. The van der Waals surface area contributed by atoms with E-state index >= 15 is 0 Å². The number of aromatic nitrogens is 1. The molecule has 7 heteroatoms. The Kier molecular flexibility index (Phi) is 6.11. The summed E-state index contributed by atoms with van der Waals surface area (Å²) in [6, 6.07) is 15.5. The average Bonchev–Trinajstić information content (AvgIpc) is 3.18. The molecule has 3 aromatic rings. The van der Waals surface area contributed by atoms with Gasteiger partial charge in [-0.05, 0) is 49.2 Å². The van der Waals surface area contributed by atoms with Crippen molar-refractivity contribution in [2.45, 2.75) is 25.3 Å². The molecule has 2 atom stereocenters. The largest absolute Gasteiger partial charge is 0.345 e. The van der Waals surface area contributed by atoms with Crippen LogP contribution in [0.25, 0.3) is 10.2 Å². The predicted octanol–water partition coefficient (Wildman–Crippen LogP) is 2.75. The summed E-state index contributed by atoms with van der Waals surface area (Å²) in [5.41, 5.74) is 2.36. The smallest absolute Gasteiger partial charge is 0.279 e. The lowest BCUT2D eigenvalue weighted by molar-refractivity contribution is -0.929. The van der Waals surface area contributed by atoms with E-state index < -0.39 is 0 Å². The first-order valence-corrected chi connectivity index (χ1v) is 11.1. The third-order valence-corrected chi connectivity index (χ3v) is 6.70. The number of quaternary nitrogens is 1. The van der Waals surface area contributed by atoms with Gasteiger partial charge in [-0.3, -0.25) is 9.59 Å². The van der Waals surface area contributed by atoms with Gasteiger partial charge in [0.15, 0.2) is 11.6 Å². The monoisotopic (exact) mass is 423 g/mol. The van der Waals surface area contributed by atoms with E-state index in [9.17, 15) is 9.59 Å². The van der Waals surface area contributed by atoms with E-state index in [0.29, 0.717) is 17.8 Å². The van der Waals surface area contributed by atoms with Gasteiger partial charge >= 0.3 is 0 Å². The van der Waals surface area contributed by atoms with Gasteiger partial charge in [0.1, 0.15) is 6.04 Å². The van der Waals surface area contributed by atoms with Crippen molar-refractivity contribution in [2.24, 2.45) is 0 Å². The number of rotatable bonds is 5. The highest BCUT2D eigenvalue weighted by atomic mass is 32.1. The Bertz CT molecular complexity index is 1010. The van der Waals surface area contributed by atoms with Gasteiger partial charge in [-0.25, -0.2) is 4.98 Å². The first kappa shape index (κ1) is 20.5. The van der Waals surface area contributed by atoms with Crippen molar-refractivity contribution < 1.29 is 14.5 Å². The maximum Gasteiger partial charge on any atom is 0.279 e. The number of hydrogen-bond acceptors (Lipinski definition) is 4. The molecule has 1 aliphatic heterocycles. The van der Waals surface area contributed by atoms with Crippen LogP contribution in [0.2, 0.25) is 0 Å². The van der Waals surface area contributed by atoms with Gasteiger partial charge in [0.05, 0.1) is 16.8 Å². The number of hydrogen-bond donors (Lipinski definition) is 2. The van der Waals surface area contributed by atoms with Crippen molar-refractivity contribution in [3.05, 3.63) is 59.1 Å². The second-order valence-corrected chi connectivity index (χ2v) is 9.04. The number of nitrogens with zero attached hydrogens (tertiary/aromatic N) is 2. The number of carbonyl (C=O) groups excluding carboxylic acids is 2. The first-order chi connectivity index (χ1) is 14.5. The van der Waals surface area contributed by atoms with Gasteiger partial charge in [0, 0.05) is 31.8 Å². The predicted molar refractivity (Wildman–Crippen MR) is 120 cm³/mol. The lowest BCUT2D eigenvalue weighted by atomic mass is 10.0. The molecule has 1 unspecified atom stereocenters. The summed E-state index contributed by atoms with van der Waals surface area (Å²) >= 11 is 1.75. The number of carbonyl (C=O) groups is 2. The quantitative estimate of drug-likeness (QED) is 0.663. The topological polar surface area (TPSA) is 66.7 Å². The van der Waals surface area contributed by atoms with Crippen LogP contribution in [-0.2, 0) is 4.79 Å². The maximum atomic E-state index is 12.7. The summed E-state index contributed by atoms with van der Waals surface area (Å²) < 4.78 is 1.20. The second-order valence-electron chi connectivity index (χ2n) is 7.98. The minimum atomic E-state index is -0.0516. The maximum absolute atomic E-state index is 12.7. The van der Waals surface area contributed by atoms with Gasteiger partial charge in [-0.2, -0.15) is 0 Å². The van der Waals surface area contributed by atoms with Gasteiger partial charge < -0.3 is 15.1 Å². The van der Waals surface area contributed by atoms with E-state index in [0.717, 1.165) is 29.9 Å². The van der Waals surface area contributed by atoms with Crippen molar-refractivity contribution in [2.75, 3.05) is 32.5 Å². The summed E-state index contributed by atoms with van der Waals surface area (Å²) in [6.45, 7) is 1.39. The van der Waals surface area contributed by atoms with E-state index in [-0.39, 0.29) is 17.9 Å². The standard InChI is InChI=1S/C23H26N4O2S/c1-26(2)23(29)16-10-12-17(13-11-16)24-21(28)15-27-14-6-5-8-19(27)22-25-18-7-3-4-9-20(18)30-22/h3-4,7,9-13,19H,5-6,8,14-15H2,1-2H3,(H,24,28)/p+1/t19-/m1/s1. The summed E-state index contributed by atoms with van der Waals surface area (Å²) in [4.78, 5) is 32.4. The number of benzene rings is 2. The zero-order valence-corrected chi connectivity index (χ0v) is 18.2. The Morgan fingerprint density at radius 2 is 1.90 bits per heavy atom. The lowest BCUT2D eigenvalue weighted by Gasteiger charge is -2.30. The molecule has 2 aromatic carbocycles. The fourth-order valence-corrected chi connectivity index (χ4v) is 5.15. The molecule has 1 saturated heterocycles. The molecule has 156 valence electrons. The number of thiazole rings is 1. The SMILES string of the molecule is CN(C)C(=O)c1ccc(NC(=O)C[NH+]2CCCC[C@@H]2c2nc3ccccc3s2)cc1. The summed E-state index contributed by atoms with van der Waals surface area (Å²) in [7, 11) is 3.45. The van der Waals surface area contributed by atoms with Crippen LogP contribution in [0.15, 0.2) is 48.5 Å². The molecule has 0 radical (unpaired) electrons. The molecule has 0 saturated carbocycles. The minimum Gasteiger partial charge on any atom is -0.345 e. The first-order valence-electron chi connectivity index (χ1n) is 10.3. The summed E-state index contributed by atoms with van der Waals surface area (Å²) in [6.07, 6.45) is 3.36. The highest BCUT2D eigenvalue weighted by molar-refractivity contribution is 7.18. The van der Waals surface area contributed by atoms with Crippen molar-refractivity contribution in [1.29, 1.82) is 0 Å². The van der Waals surface area contributed by atoms with E-state index in [2.05, 4.69) is 17.4 Å². The number of likely N-dealkylation sites (tertiary alicyclic amines) is 1. The van der Waals surface area contributed by atoms with Crippen LogP contribution in [0.4, 0.5) is 5.69 Å². The van der Waals surface area contributed by atoms with Crippen LogP contribution in [0.1, 0.15) is 40.7 Å². The number of piperidine rings is 1. The van der Waals surface area contributed by atoms with Crippen LogP contribution < -0.4 is 10.2 Å². The van der Waals surface area contributed by atoms with Crippen LogP contribution in [0, 0.1) is 0 Å². The fourth-order valence-electron chi connectivity index (χ4n) is 3.99. The zero-order chi connectivity index (χ0) is 21.1. The van der Waals surface area contributed by atoms with E-state index in [1.807, 2.05) is 12.1 Å². The van der Waals surface area contributed by atoms with Gasteiger partial charge in [-0.1, -0.05) is 12.1 Å². The summed E-state index contributed by atoms with van der Waals surface area (Å²) in [5.74, 6) is -0.0611. The lowest BCUT2D eigenvalue weighted by Crippen LogP contribution is -3.14. The number of nitrogens with one attached hydrogen (secondary N) is 2. The molecular weight excluding hydrogens is 396 g/mol. The zero-order valence-electron chi connectivity index (χ0n) is 17.4. The third kappa shape index (κ3) is 4.52. The van der Waals surface area contributed by atoms with E-state index in [4.69, 9.17) is 4.98 Å². The molecule has 2 N–H and O–H groups in total. The molecule has 1 aromatic heterocycles. The number of para-hydroxylation sites is 1. The molecule has 0 aliphatic carbocycles. The second kappa shape index (κ2) is 8.93. The van der Waals surface area contributed by atoms with Crippen LogP contribution in [0.5, 0.6) is 0 Å². The normalized spacial score (nSPS) is 18.9. The van der Waals surface area contributed by atoms with Crippen LogP contribution in [0.3, 0.4) is 0 Å². The third-order valence-electron chi connectivity index (χ3n) is 5.55. The Morgan fingerprint density at radius 3 is 2.63 bits per heavy atom. The fraction of sp³-hybridized carbons (Fsp3) is 0.348. The number of amides is 2. The molecule has 0 bridgehead atoms. The van der Waals surface area contributed by atoms with Crippen molar-refractivity contribution >= 4 is 39.1 Å². The van der Waals surface area contributed by atoms with Crippen LogP contribution >= 0.6 is 11.3 Å². The minimum absolute atomic E-state index is 0.00954. The van der Waals surface area contributed by atoms with Crippen LogP contribution in [-0.4, -0.2) is 48.9 Å². The Labute approximate surface area is 180 Å². The molecule has 1 fully saturated rings. The average molecular weight is 424 g/mol. The van der Waals surface area contributed by atoms with E-state index in [1.54, 1.807) is 49.7 Å². The Morgan fingerprint density at radius 1 is 1.13 bits per heavy atom. The molecule has 1 aliphatic rings. The molecular formula is C23H27N4O2S+. The van der Waals surface area contributed by atoms with Crippen molar-refractivity contribution in [3.8, 4) is 0 Å². The van der Waals surface area contributed by atoms with Gasteiger partial charge in [0.2, 0.25) is 0 Å². The molecule has 0 spiro atoms. The Hall–Kier alpha value is -2.77.